The molecule has 2 aromatic rings. The summed E-state index contributed by atoms with van der Waals surface area (Å²) in [6.07, 6.45) is 3.48. The van der Waals surface area contributed by atoms with Gasteiger partial charge in [-0.25, -0.2) is 18.2 Å². The van der Waals surface area contributed by atoms with Crippen LogP contribution in [-0.2, 0) is 35.6 Å². The van der Waals surface area contributed by atoms with Gasteiger partial charge in [-0.3, -0.25) is 19.1 Å². The maximum Gasteiger partial charge on any atom is 0.408 e. The zero-order valence-electron chi connectivity index (χ0n) is 29.9. The van der Waals surface area contributed by atoms with Gasteiger partial charge in [-0.05, 0) is 69.0 Å². The van der Waals surface area contributed by atoms with E-state index >= 15 is 0 Å². The summed E-state index contributed by atoms with van der Waals surface area (Å²) in [4.78, 5) is 61.0. The Balaban J connectivity index is 1.29. The van der Waals surface area contributed by atoms with Gasteiger partial charge < -0.3 is 29.7 Å². The number of fused-ring (bicyclic) bond motifs is 3. The summed E-state index contributed by atoms with van der Waals surface area (Å²) in [7, 11) is -3.89. The van der Waals surface area contributed by atoms with Gasteiger partial charge in [0.25, 0.3) is 5.91 Å². The van der Waals surface area contributed by atoms with Crippen LogP contribution in [0.3, 0.4) is 0 Å². The normalized spacial score (nSPS) is 24.9. The van der Waals surface area contributed by atoms with Crippen molar-refractivity contribution in [3.8, 4) is 11.6 Å². The van der Waals surface area contributed by atoms with Crippen molar-refractivity contribution in [3.63, 3.8) is 0 Å². The van der Waals surface area contributed by atoms with Gasteiger partial charge >= 0.3 is 6.09 Å². The van der Waals surface area contributed by atoms with Gasteiger partial charge in [-0.1, -0.05) is 26.8 Å². The molecule has 5 atom stereocenters. The van der Waals surface area contributed by atoms with Crippen LogP contribution < -0.4 is 24.8 Å². The van der Waals surface area contributed by atoms with Crippen LogP contribution in [-0.4, -0.2) is 89.8 Å². The second-order valence-electron chi connectivity index (χ2n) is 16.0. The van der Waals surface area contributed by atoms with E-state index in [0.717, 1.165) is 28.5 Å². The molecular formula is C36H47N5O9S. The topological polar surface area (TPSA) is 182 Å². The van der Waals surface area contributed by atoms with E-state index in [1.807, 2.05) is 18.2 Å². The summed E-state index contributed by atoms with van der Waals surface area (Å²) in [5.74, 6) is -1.44. The van der Waals surface area contributed by atoms with E-state index in [4.69, 9.17) is 14.2 Å². The second-order valence-corrected chi connectivity index (χ2v) is 17.9. The number of hydrogen-bond acceptors (Lipinski definition) is 10. The number of likely N-dealkylation sites (tertiary alicyclic amines) is 1. The van der Waals surface area contributed by atoms with Gasteiger partial charge in [0.1, 0.15) is 35.1 Å². The highest BCUT2D eigenvalue weighted by Gasteiger charge is 2.62. The van der Waals surface area contributed by atoms with Gasteiger partial charge in [-0.2, -0.15) is 0 Å². The maximum absolute atomic E-state index is 14.5. The Labute approximate surface area is 298 Å². The molecule has 6 rings (SSSR count). The molecule has 3 heterocycles. The number of carbonyl (C=O) groups excluding carboxylic acids is 4. The number of sulfonamides is 1. The summed E-state index contributed by atoms with van der Waals surface area (Å²) in [6.45, 7) is 14.8. The van der Waals surface area contributed by atoms with Crippen LogP contribution in [0.15, 0.2) is 37.1 Å². The number of benzene rings is 1. The number of aromatic nitrogens is 1. The lowest BCUT2D eigenvalue weighted by atomic mass is 9.85. The average molecular weight is 726 g/mol. The molecule has 4 amide bonds. The molecule has 2 aliphatic carbocycles. The van der Waals surface area contributed by atoms with E-state index in [2.05, 4.69) is 26.9 Å². The van der Waals surface area contributed by atoms with Crippen LogP contribution >= 0.6 is 0 Å². The fourth-order valence-corrected chi connectivity index (χ4v) is 8.18. The number of rotatable bonds is 10. The molecule has 3 fully saturated rings. The summed E-state index contributed by atoms with van der Waals surface area (Å²) in [5.41, 5.74) is -2.13. The molecule has 14 nitrogen and oxygen atoms in total. The van der Waals surface area contributed by atoms with E-state index in [-0.39, 0.29) is 19.4 Å². The Hall–Kier alpha value is -4.40. The van der Waals surface area contributed by atoms with Gasteiger partial charge in [0, 0.05) is 35.9 Å². The summed E-state index contributed by atoms with van der Waals surface area (Å²) < 4.78 is 45.1. The van der Waals surface area contributed by atoms with Crippen molar-refractivity contribution in [1.82, 2.24) is 25.2 Å². The molecule has 51 heavy (non-hydrogen) atoms. The van der Waals surface area contributed by atoms with E-state index in [0.29, 0.717) is 25.3 Å². The highest BCUT2D eigenvalue weighted by atomic mass is 32.2. The zero-order valence-corrected chi connectivity index (χ0v) is 30.7. The largest absolute Gasteiger partial charge is 0.493 e. The lowest BCUT2D eigenvalue weighted by Crippen LogP contribution is -2.60. The van der Waals surface area contributed by atoms with Gasteiger partial charge in [0.05, 0.1) is 18.4 Å². The van der Waals surface area contributed by atoms with Crippen LogP contribution in [0.5, 0.6) is 11.6 Å². The summed E-state index contributed by atoms with van der Waals surface area (Å²) in [6, 6.07) is 3.38. The molecule has 0 radical (unpaired) electrons. The third-order valence-electron chi connectivity index (χ3n) is 9.74. The monoisotopic (exact) mass is 725 g/mol. The van der Waals surface area contributed by atoms with Crippen molar-refractivity contribution in [2.45, 2.75) is 108 Å². The van der Waals surface area contributed by atoms with Crippen molar-refractivity contribution in [3.05, 3.63) is 42.6 Å². The molecule has 1 saturated heterocycles. The van der Waals surface area contributed by atoms with E-state index in [1.165, 1.54) is 11.0 Å². The van der Waals surface area contributed by atoms with Gasteiger partial charge in [0.2, 0.25) is 27.7 Å². The minimum Gasteiger partial charge on any atom is -0.493 e. The number of nitrogens with one attached hydrogen (secondary N) is 3. The maximum atomic E-state index is 14.5. The van der Waals surface area contributed by atoms with Crippen molar-refractivity contribution in [2.24, 2.45) is 11.3 Å². The molecule has 4 aliphatic rings. The highest BCUT2D eigenvalue weighted by molar-refractivity contribution is 7.91. The van der Waals surface area contributed by atoms with Gasteiger partial charge in [0.15, 0.2) is 0 Å². The first-order valence-electron chi connectivity index (χ1n) is 17.3. The first-order valence-corrected chi connectivity index (χ1v) is 18.9. The number of alkyl carbamates (subject to hydrolysis) is 1. The van der Waals surface area contributed by atoms with Crippen LogP contribution in [0.4, 0.5) is 4.79 Å². The number of ether oxygens (including phenoxy) is 3. The fourth-order valence-electron chi connectivity index (χ4n) is 6.81. The summed E-state index contributed by atoms with van der Waals surface area (Å²) in [5, 5.41) is 6.55. The van der Waals surface area contributed by atoms with E-state index in [1.54, 1.807) is 47.7 Å². The standard InChI is InChI=1S/C36H47N5O9S/c1-8-20-18-36(20,32(44)40-51(46,47)22-9-10-22)39-29(42)26-17-21(49-30-25-11-12-27-24(14-16-48-27)23(25)13-15-37-30)19-41(26)31(43)28(34(2,3)4)38-33(45)50-35(5,6)7/h8,11-13,15,20-22,26,28H,1,9-10,14,16-19H2,2-7H3,(H,38,45)(H,39,42)(H,40,44)/t20-,21-,26-,28-,36-/m1/s1. The molecule has 0 bridgehead atoms. The molecule has 1 aromatic heterocycles. The molecular weight excluding hydrogens is 678 g/mol. The highest BCUT2D eigenvalue weighted by Crippen LogP contribution is 2.46. The number of pyridine rings is 1. The van der Waals surface area contributed by atoms with E-state index in [9.17, 15) is 27.6 Å². The molecule has 2 aliphatic heterocycles. The molecule has 0 unspecified atom stereocenters. The lowest BCUT2D eigenvalue weighted by Gasteiger charge is -2.36. The third kappa shape index (κ3) is 7.49. The number of hydrogen-bond donors (Lipinski definition) is 3. The van der Waals surface area contributed by atoms with Crippen molar-refractivity contribution < 1.29 is 41.8 Å². The Kier molecular flexibility index (Phi) is 9.26. The van der Waals surface area contributed by atoms with Crippen LogP contribution in [0, 0.1) is 11.3 Å². The predicted octanol–water partition coefficient (Wildman–Crippen LogP) is 3.13. The number of carbonyl (C=O) groups is 4. The van der Waals surface area contributed by atoms with Crippen molar-refractivity contribution in [2.75, 3.05) is 13.2 Å². The smallest absolute Gasteiger partial charge is 0.408 e. The van der Waals surface area contributed by atoms with E-state index < -0.39 is 79.7 Å². The molecule has 0 spiro atoms. The first kappa shape index (κ1) is 36.4. The Bertz CT molecular complexity index is 1880. The lowest BCUT2D eigenvalue weighted by molar-refractivity contribution is -0.143. The fraction of sp³-hybridized carbons (Fsp3) is 0.583. The minimum absolute atomic E-state index is 0.0316. The van der Waals surface area contributed by atoms with Crippen LogP contribution in [0.1, 0.15) is 72.8 Å². The predicted molar refractivity (Wildman–Crippen MR) is 187 cm³/mol. The minimum atomic E-state index is -3.89. The zero-order chi connectivity index (χ0) is 37.1. The Morgan fingerprint density at radius 2 is 1.82 bits per heavy atom. The Morgan fingerprint density at radius 3 is 2.45 bits per heavy atom. The molecule has 1 aromatic carbocycles. The number of nitrogens with zero attached hydrogens (tertiary/aromatic N) is 2. The SMILES string of the molecule is C=C[C@@H]1C[C@]1(NC(=O)[C@H]1C[C@@H](Oc2nccc3c4c(ccc23)OCC4)CN1C(=O)[C@@H](NC(=O)OC(C)(C)C)C(C)(C)C)C(=O)NS(=O)(=O)C1CC1. The molecule has 2 saturated carbocycles. The van der Waals surface area contributed by atoms with Crippen LogP contribution in [0.2, 0.25) is 0 Å². The first-order chi connectivity index (χ1) is 23.8. The van der Waals surface area contributed by atoms with Crippen LogP contribution in [0.25, 0.3) is 10.8 Å². The second kappa shape index (κ2) is 13.0. The molecule has 3 N–H and O–H groups in total. The Morgan fingerprint density at radius 1 is 1.10 bits per heavy atom. The third-order valence-corrected chi connectivity index (χ3v) is 11.6. The molecule has 15 heteroatoms. The van der Waals surface area contributed by atoms with Crippen molar-refractivity contribution >= 4 is 44.6 Å². The van der Waals surface area contributed by atoms with Gasteiger partial charge in [-0.15, -0.1) is 6.58 Å². The average Bonchev–Trinajstić information content (AvgIpc) is 3.92. The molecule has 276 valence electrons. The quantitative estimate of drug-likeness (QED) is 0.308. The van der Waals surface area contributed by atoms with Crippen molar-refractivity contribution in [1.29, 1.82) is 0 Å². The number of amides is 4. The summed E-state index contributed by atoms with van der Waals surface area (Å²) >= 11 is 0.